The highest BCUT2D eigenvalue weighted by atomic mass is 32.1. The molecular weight excluding hydrogens is 232 g/mol. The second-order valence-corrected chi connectivity index (χ2v) is 5.45. The summed E-state index contributed by atoms with van der Waals surface area (Å²) in [6, 6.07) is 0.606. The van der Waals surface area contributed by atoms with Crippen molar-refractivity contribution in [3.05, 3.63) is 23.5 Å². The minimum Gasteiger partial charge on any atom is -0.310 e. The van der Waals surface area contributed by atoms with Gasteiger partial charge in [0.15, 0.2) is 4.96 Å². The van der Waals surface area contributed by atoms with Crippen molar-refractivity contribution in [3.63, 3.8) is 0 Å². The van der Waals surface area contributed by atoms with Crippen LogP contribution in [0.2, 0.25) is 0 Å². The van der Waals surface area contributed by atoms with Gasteiger partial charge in [-0.3, -0.25) is 4.40 Å². The lowest BCUT2D eigenvalue weighted by Crippen LogP contribution is -2.33. The largest absolute Gasteiger partial charge is 0.310 e. The van der Waals surface area contributed by atoms with Crippen LogP contribution in [-0.4, -0.2) is 40.5 Å². The second kappa shape index (κ2) is 5.62. The molecule has 2 heterocycles. The first-order chi connectivity index (χ1) is 8.16. The van der Waals surface area contributed by atoms with Crippen LogP contribution in [0.4, 0.5) is 0 Å². The van der Waals surface area contributed by atoms with Crippen molar-refractivity contribution < 1.29 is 0 Å². The molecule has 5 heteroatoms. The lowest BCUT2D eigenvalue weighted by Gasteiger charge is -2.20. The highest BCUT2D eigenvalue weighted by molar-refractivity contribution is 7.15. The van der Waals surface area contributed by atoms with Gasteiger partial charge in [0.2, 0.25) is 0 Å². The average Bonchev–Trinajstić information content (AvgIpc) is 2.83. The first-order valence-electron chi connectivity index (χ1n) is 5.99. The van der Waals surface area contributed by atoms with Crippen LogP contribution in [0.3, 0.4) is 0 Å². The molecular formula is C12H20N4S. The molecule has 2 rings (SSSR count). The van der Waals surface area contributed by atoms with E-state index in [2.05, 4.69) is 52.1 Å². The third-order valence-electron chi connectivity index (χ3n) is 2.97. The Kier molecular flexibility index (Phi) is 4.15. The first-order valence-corrected chi connectivity index (χ1v) is 6.87. The summed E-state index contributed by atoms with van der Waals surface area (Å²) in [5.74, 6) is 0. The standard InChI is InChI=1S/C12H20N4S/c1-10(2)15(3)5-4-13-8-11-9-16-6-7-17-12(16)14-11/h6-7,9-10,13H,4-5,8H2,1-3H3. The lowest BCUT2D eigenvalue weighted by molar-refractivity contribution is 0.273. The molecule has 17 heavy (non-hydrogen) atoms. The van der Waals surface area contributed by atoms with Gasteiger partial charge in [-0.05, 0) is 20.9 Å². The van der Waals surface area contributed by atoms with Crippen LogP contribution in [0.5, 0.6) is 0 Å². The maximum absolute atomic E-state index is 4.53. The molecule has 0 unspecified atom stereocenters. The third-order valence-corrected chi connectivity index (χ3v) is 3.74. The normalized spacial score (nSPS) is 12.1. The van der Waals surface area contributed by atoms with Crippen molar-refractivity contribution in [1.29, 1.82) is 0 Å². The maximum atomic E-state index is 4.53. The van der Waals surface area contributed by atoms with E-state index in [1.807, 2.05) is 6.20 Å². The van der Waals surface area contributed by atoms with Crippen LogP contribution < -0.4 is 5.32 Å². The fourth-order valence-corrected chi connectivity index (χ4v) is 2.31. The minimum atomic E-state index is 0.606. The predicted octanol–water partition coefficient (Wildman–Crippen LogP) is 1.83. The Morgan fingerprint density at radius 3 is 3.06 bits per heavy atom. The quantitative estimate of drug-likeness (QED) is 0.796. The predicted molar refractivity (Wildman–Crippen MR) is 72.5 cm³/mol. The molecule has 0 saturated heterocycles. The van der Waals surface area contributed by atoms with Crippen molar-refractivity contribution in [2.24, 2.45) is 0 Å². The van der Waals surface area contributed by atoms with Crippen molar-refractivity contribution in [1.82, 2.24) is 19.6 Å². The van der Waals surface area contributed by atoms with Crippen molar-refractivity contribution in [3.8, 4) is 0 Å². The zero-order valence-corrected chi connectivity index (χ0v) is 11.5. The maximum Gasteiger partial charge on any atom is 0.193 e. The molecule has 0 atom stereocenters. The van der Waals surface area contributed by atoms with E-state index < -0.39 is 0 Å². The summed E-state index contributed by atoms with van der Waals surface area (Å²) in [6.07, 6.45) is 4.13. The molecule has 0 amide bonds. The van der Waals surface area contributed by atoms with Gasteiger partial charge < -0.3 is 10.2 Å². The van der Waals surface area contributed by atoms with Crippen LogP contribution in [0.1, 0.15) is 19.5 Å². The molecule has 0 aliphatic rings. The molecule has 0 saturated carbocycles. The van der Waals surface area contributed by atoms with E-state index >= 15 is 0 Å². The Balaban J connectivity index is 1.74. The fraction of sp³-hybridized carbons (Fsp3) is 0.583. The van der Waals surface area contributed by atoms with Gasteiger partial charge in [0.25, 0.3) is 0 Å². The number of likely N-dealkylation sites (N-methyl/N-ethyl adjacent to an activating group) is 1. The molecule has 0 aromatic carbocycles. The van der Waals surface area contributed by atoms with E-state index in [4.69, 9.17) is 0 Å². The second-order valence-electron chi connectivity index (χ2n) is 4.58. The van der Waals surface area contributed by atoms with Gasteiger partial charge in [0.05, 0.1) is 5.69 Å². The summed E-state index contributed by atoms with van der Waals surface area (Å²) in [6.45, 7) is 7.34. The van der Waals surface area contributed by atoms with E-state index in [1.165, 1.54) is 0 Å². The Hall–Kier alpha value is -0.910. The Labute approximate surface area is 106 Å². The van der Waals surface area contributed by atoms with Gasteiger partial charge in [0.1, 0.15) is 0 Å². The summed E-state index contributed by atoms with van der Waals surface area (Å²) in [4.78, 5) is 7.93. The van der Waals surface area contributed by atoms with Crippen molar-refractivity contribution in [2.45, 2.75) is 26.4 Å². The molecule has 0 bridgehead atoms. The van der Waals surface area contributed by atoms with Crippen LogP contribution in [-0.2, 0) is 6.54 Å². The molecule has 0 radical (unpaired) electrons. The van der Waals surface area contributed by atoms with Gasteiger partial charge in [-0.2, -0.15) is 0 Å². The number of hydrogen-bond donors (Lipinski definition) is 1. The highest BCUT2D eigenvalue weighted by Gasteiger charge is 2.03. The van der Waals surface area contributed by atoms with Gasteiger partial charge in [-0.1, -0.05) is 0 Å². The topological polar surface area (TPSA) is 32.6 Å². The molecule has 0 aliphatic heterocycles. The minimum absolute atomic E-state index is 0.606. The molecule has 0 aliphatic carbocycles. The zero-order valence-electron chi connectivity index (χ0n) is 10.7. The summed E-state index contributed by atoms with van der Waals surface area (Å²) in [5, 5.41) is 5.48. The van der Waals surface area contributed by atoms with E-state index in [0.29, 0.717) is 6.04 Å². The summed E-state index contributed by atoms with van der Waals surface area (Å²) >= 11 is 1.67. The van der Waals surface area contributed by atoms with E-state index in [9.17, 15) is 0 Å². The van der Waals surface area contributed by atoms with Gasteiger partial charge >= 0.3 is 0 Å². The zero-order chi connectivity index (χ0) is 12.3. The monoisotopic (exact) mass is 252 g/mol. The Bertz CT molecular complexity index is 431. The molecule has 94 valence electrons. The van der Waals surface area contributed by atoms with E-state index in [1.54, 1.807) is 11.3 Å². The molecule has 4 nitrogen and oxygen atoms in total. The van der Waals surface area contributed by atoms with Crippen LogP contribution in [0.15, 0.2) is 17.8 Å². The lowest BCUT2D eigenvalue weighted by atomic mass is 10.3. The molecule has 0 spiro atoms. The molecule has 2 aromatic rings. The van der Waals surface area contributed by atoms with Crippen molar-refractivity contribution in [2.75, 3.05) is 20.1 Å². The number of aromatic nitrogens is 2. The fourth-order valence-electron chi connectivity index (χ4n) is 1.59. The Morgan fingerprint density at radius 2 is 2.35 bits per heavy atom. The smallest absolute Gasteiger partial charge is 0.193 e. The molecule has 1 N–H and O–H groups in total. The summed E-state index contributed by atoms with van der Waals surface area (Å²) < 4.78 is 2.07. The van der Waals surface area contributed by atoms with Gasteiger partial charge in [-0.15, -0.1) is 11.3 Å². The molecule has 2 aromatic heterocycles. The Morgan fingerprint density at radius 1 is 1.53 bits per heavy atom. The summed E-state index contributed by atoms with van der Waals surface area (Å²) in [7, 11) is 2.15. The van der Waals surface area contributed by atoms with Gasteiger partial charge in [0, 0.05) is 43.4 Å². The third kappa shape index (κ3) is 3.28. The van der Waals surface area contributed by atoms with E-state index in [-0.39, 0.29) is 0 Å². The number of rotatable bonds is 6. The number of imidazole rings is 1. The van der Waals surface area contributed by atoms with Crippen molar-refractivity contribution >= 4 is 16.3 Å². The number of nitrogens with zero attached hydrogens (tertiary/aromatic N) is 3. The number of nitrogens with one attached hydrogen (secondary N) is 1. The highest BCUT2D eigenvalue weighted by Crippen LogP contribution is 2.10. The SMILES string of the molecule is CC(C)N(C)CCNCc1cn2ccsc2n1. The first kappa shape index (κ1) is 12.5. The average molecular weight is 252 g/mol. The van der Waals surface area contributed by atoms with Crippen LogP contribution in [0, 0.1) is 0 Å². The number of fused-ring (bicyclic) bond motifs is 1. The number of thiazole rings is 1. The molecule has 0 fully saturated rings. The van der Waals surface area contributed by atoms with Gasteiger partial charge in [-0.25, -0.2) is 4.98 Å². The summed E-state index contributed by atoms with van der Waals surface area (Å²) in [5.41, 5.74) is 1.11. The number of hydrogen-bond acceptors (Lipinski definition) is 4. The van der Waals surface area contributed by atoms with Crippen LogP contribution >= 0.6 is 11.3 Å². The van der Waals surface area contributed by atoms with E-state index in [0.717, 1.165) is 30.3 Å². The van der Waals surface area contributed by atoms with Crippen LogP contribution in [0.25, 0.3) is 4.96 Å².